The number of rotatable bonds is 5. The lowest BCUT2D eigenvalue weighted by atomic mass is 9.98. The number of cyclic esters (lactones) is 1. The SMILES string of the molecule is Cc1ccc(C(=O)OCC2(CO)C/C(=C/c3ccccc3)C(=O)O2)cc1. The maximum Gasteiger partial charge on any atom is 0.338 e. The topological polar surface area (TPSA) is 72.8 Å². The molecular formula is C21H20O5. The number of aliphatic hydroxyl groups excluding tert-OH is 1. The Balaban J connectivity index is 1.69. The summed E-state index contributed by atoms with van der Waals surface area (Å²) in [5.74, 6) is -1.02. The third-order valence-corrected chi connectivity index (χ3v) is 4.27. The number of aryl methyl sites for hydroxylation is 1. The first kappa shape index (κ1) is 17.9. The van der Waals surface area contributed by atoms with E-state index >= 15 is 0 Å². The van der Waals surface area contributed by atoms with Crippen LogP contribution in [0.25, 0.3) is 6.08 Å². The lowest BCUT2D eigenvalue weighted by Crippen LogP contribution is -2.39. The van der Waals surface area contributed by atoms with Crippen molar-refractivity contribution < 1.29 is 24.2 Å². The van der Waals surface area contributed by atoms with Crippen molar-refractivity contribution in [2.24, 2.45) is 0 Å². The molecule has 1 saturated heterocycles. The zero-order chi connectivity index (χ0) is 18.6. The highest BCUT2D eigenvalue weighted by Crippen LogP contribution is 2.32. The summed E-state index contributed by atoms with van der Waals surface area (Å²) in [7, 11) is 0. The molecule has 5 nitrogen and oxygen atoms in total. The van der Waals surface area contributed by atoms with Crippen molar-refractivity contribution in [2.75, 3.05) is 13.2 Å². The van der Waals surface area contributed by atoms with Gasteiger partial charge >= 0.3 is 11.9 Å². The van der Waals surface area contributed by atoms with Gasteiger partial charge in [-0.05, 0) is 30.7 Å². The zero-order valence-electron chi connectivity index (χ0n) is 14.5. The predicted octanol–water partition coefficient (Wildman–Crippen LogP) is 2.91. The highest BCUT2D eigenvalue weighted by molar-refractivity contribution is 5.96. The minimum atomic E-state index is -1.24. The van der Waals surface area contributed by atoms with Crippen LogP contribution in [-0.4, -0.2) is 35.9 Å². The van der Waals surface area contributed by atoms with Crippen LogP contribution in [0.4, 0.5) is 0 Å². The molecule has 1 fully saturated rings. The Hall–Kier alpha value is -2.92. The van der Waals surface area contributed by atoms with Crippen LogP contribution in [0.1, 0.15) is 27.9 Å². The van der Waals surface area contributed by atoms with E-state index in [1.807, 2.05) is 49.4 Å². The molecule has 0 spiro atoms. The van der Waals surface area contributed by atoms with Crippen molar-refractivity contribution >= 4 is 18.0 Å². The van der Waals surface area contributed by atoms with Gasteiger partial charge in [0, 0.05) is 12.0 Å². The summed E-state index contributed by atoms with van der Waals surface area (Å²) < 4.78 is 10.6. The van der Waals surface area contributed by atoms with Crippen molar-refractivity contribution in [1.82, 2.24) is 0 Å². The maximum absolute atomic E-state index is 12.2. The summed E-state index contributed by atoms with van der Waals surface area (Å²) in [6.45, 7) is 1.30. The van der Waals surface area contributed by atoms with E-state index in [0.29, 0.717) is 11.1 Å². The molecule has 5 heteroatoms. The van der Waals surface area contributed by atoms with Crippen LogP contribution in [-0.2, 0) is 14.3 Å². The fourth-order valence-corrected chi connectivity index (χ4v) is 2.76. The first-order valence-electron chi connectivity index (χ1n) is 8.35. The van der Waals surface area contributed by atoms with E-state index in [2.05, 4.69) is 0 Å². The molecule has 134 valence electrons. The average Bonchev–Trinajstić information content (AvgIpc) is 2.97. The number of ether oxygens (including phenoxy) is 2. The van der Waals surface area contributed by atoms with E-state index < -0.39 is 24.1 Å². The van der Waals surface area contributed by atoms with Gasteiger partial charge in [-0.3, -0.25) is 0 Å². The largest absolute Gasteiger partial charge is 0.458 e. The molecule has 1 aliphatic rings. The lowest BCUT2D eigenvalue weighted by Gasteiger charge is -2.24. The van der Waals surface area contributed by atoms with E-state index in [9.17, 15) is 14.7 Å². The van der Waals surface area contributed by atoms with Crippen LogP contribution < -0.4 is 0 Å². The van der Waals surface area contributed by atoms with Gasteiger partial charge in [-0.1, -0.05) is 48.0 Å². The van der Waals surface area contributed by atoms with Crippen LogP contribution in [0.3, 0.4) is 0 Å². The lowest BCUT2D eigenvalue weighted by molar-refractivity contribution is -0.154. The Labute approximate surface area is 151 Å². The van der Waals surface area contributed by atoms with E-state index in [4.69, 9.17) is 9.47 Å². The van der Waals surface area contributed by atoms with Gasteiger partial charge in [-0.2, -0.15) is 0 Å². The molecule has 1 aliphatic heterocycles. The minimum Gasteiger partial charge on any atom is -0.458 e. The highest BCUT2D eigenvalue weighted by atomic mass is 16.6. The van der Waals surface area contributed by atoms with Gasteiger partial charge in [0.1, 0.15) is 6.61 Å². The fraction of sp³-hybridized carbons (Fsp3) is 0.238. The number of esters is 2. The molecule has 1 heterocycles. The maximum atomic E-state index is 12.2. The summed E-state index contributed by atoms with van der Waals surface area (Å²) in [5, 5.41) is 9.74. The first-order chi connectivity index (χ1) is 12.5. The normalized spacial score (nSPS) is 20.8. The summed E-state index contributed by atoms with van der Waals surface area (Å²) in [4.78, 5) is 24.3. The van der Waals surface area contributed by atoms with Gasteiger partial charge in [0.25, 0.3) is 0 Å². The van der Waals surface area contributed by atoms with Gasteiger partial charge in [-0.15, -0.1) is 0 Å². The summed E-state index contributed by atoms with van der Waals surface area (Å²) in [5.41, 5.74) is 1.52. The van der Waals surface area contributed by atoms with E-state index in [1.165, 1.54) is 0 Å². The number of benzene rings is 2. The summed E-state index contributed by atoms with van der Waals surface area (Å²) >= 11 is 0. The number of carbonyl (C=O) groups excluding carboxylic acids is 2. The number of hydrogen-bond donors (Lipinski definition) is 1. The quantitative estimate of drug-likeness (QED) is 0.662. The second-order valence-electron chi connectivity index (χ2n) is 6.43. The van der Waals surface area contributed by atoms with Crippen molar-refractivity contribution in [2.45, 2.75) is 18.9 Å². The predicted molar refractivity (Wildman–Crippen MR) is 96.4 cm³/mol. The second-order valence-corrected chi connectivity index (χ2v) is 6.43. The molecule has 1 N–H and O–H groups in total. The Bertz CT molecular complexity index is 823. The van der Waals surface area contributed by atoms with Crippen LogP contribution >= 0.6 is 0 Å². The average molecular weight is 352 g/mol. The molecule has 3 rings (SSSR count). The molecule has 0 aliphatic carbocycles. The molecule has 0 saturated carbocycles. The molecule has 1 unspecified atom stereocenters. The minimum absolute atomic E-state index is 0.179. The van der Waals surface area contributed by atoms with Crippen LogP contribution in [0.2, 0.25) is 0 Å². The Morgan fingerprint density at radius 1 is 1.19 bits per heavy atom. The Morgan fingerprint density at radius 3 is 2.54 bits per heavy atom. The molecule has 0 amide bonds. The van der Waals surface area contributed by atoms with Crippen LogP contribution in [0.5, 0.6) is 0 Å². The first-order valence-corrected chi connectivity index (χ1v) is 8.35. The van der Waals surface area contributed by atoms with Crippen molar-refractivity contribution in [1.29, 1.82) is 0 Å². The van der Waals surface area contributed by atoms with Gasteiger partial charge in [0.05, 0.1) is 12.2 Å². The molecule has 26 heavy (non-hydrogen) atoms. The Kier molecular flexibility index (Phi) is 5.19. The summed E-state index contributed by atoms with van der Waals surface area (Å²) in [6.07, 6.45) is 1.90. The van der Waals surface area contributed by atoms with Crippen LogP contribution in [0.15, 0.2) is 60.2 Å². The zero-order valence-corrected chi connectivity index (χ0v) is 14.5. The standard InChI is InChI=1S/C21H20O5/c1-15-7-9-17(10-8-15)19(23)25-14-21(13-22)12-18(20(24)26-21)11-16-5-3-2-4-6-16/h2-11,22H,12-14H2,1H3/b18-11-. The van der Waals surface area contributed by atoms with E-state index in [0.717, 1.165) is 11.1 Å². The number of aliphatic hydroxyl groups is 1. The molecule has 2 aromatic rings. The van der Waals surface area contributed by atoms with Gasteiger partial charge in [-0.25, -0.2) is 9.59 Å². The number of carbonyl (C=O) groups is 2. The van der Waals surface area contributed by atoms with Gasteiger partial charge < -0.3 is 14.6 Å². The van der Waals surface area contributed by atoms with Gasteiger partial charge in [0.2, 0.25) is 0 Å². The van der Waals surface area contributed by atoms with Crippen LogP contribution in [0, 0.1) is 6.92 Å². The Morgan fingerprint density at radius 2 is 1.88 bits per heavy atom. The smallest absolute Gasteiger partial charge is 0.338 e. The molecule has 2 aromatic carbocycles. The third-order valence-electron chi connectivity index (χ3n) is 4.27. The molecule has 0 bridgehead atoms. The molecular weight excluding hydrogens is 332 g/mol. The number of hydrogen-bond acceptors (Lipinski definition) is 5. The highest BCUT2D eigenvalue weighted by Gasteiger charge is 2.44. The molecule has 0 aromatic heterocycles. The van der Waals surface area contributed by atoms with Crippen molar-refractivity contribution in [3.63, 3.8) is 0 Å². The summed E-state index contributed by atoms with van der Waals surface area (Å²) in [6, 6.07) is 16.3. The molecule has 1 atom stereocenters. The van der Waals surface area contributed by atoms with E-state index in [-0.39, 0.29) is 13.0 Å². The fourth-order valence-electron chi connectivity index (χ4n) is 2.76. The van der Waals surface area contributed by atoms with E-state index in [1.54, 1.807) is 18.2 Å². The van der Waals surface area contributed by atoms with Gasteiger partial charge in [0.15, 0.2) is 5.60 Å². The van der Waals surface area contributed by atoms with Crippen molar-refractivity contribution in [3.8, 4) is 0 Å². The monoisotopic (exact) mass is 352 g/mol. The molecule has 0 radical (unpaired) electrons. The van der Waals surface area contributed by atoms with Crippen molar-refractivity contribution in [3.05, 3.63) is 76.9 Å². The third kappa shape index (κ3) is 4.00. The second kappa shape index (κ2) is 7.54.